The highest BCUT2D eigenvalue weighted by molar-refractivity contribution is 5.75. The van der Waals surface area contributed by atoms with Crippen LogP contribution in [0.1, 0.15) is 19.3 Å². The van der Waals surface area contributed by atoms with Crippen molar-refractivity contribution in [2.24, 2.45) is 0 Å². The molecule has 3 N–H and O–H groups in total. The van der Waals surface area contributed by atoms with Gasteiger partial charge in [0.05, 0.1) is 0 Å². The second kappa shape index (κ2) is 7.09. The van der Waals surface area contributed by atoms with Gasteiger partial charge in [-0.05, 0) is 32.0 Å². The van der Waals surface area contributed by atoms with Gasteiger partial charge in [-0.3, -0.25) is 9.59 Å². The largest absolute Gasteiger partial charge is 0.398 e. The first-order valence-corrected chi connectivity index (χ1v) is 7.10. The maximum absolute atomic E-state index is 11.8. The summed E-state index contributed by atoms with van der Waals surface area (Å²) >= 11 is 0. The predicted octanol–water partition coefficient (Wildman–Crippen LogP) is 0.0326. The third-order valence-electron chi connectivity index (χ3n) is 3.52. The Bertz CT molecular complexity index is 506. The van der Waals surface area contributed by atoms with Gasteiger partial charge in [-0.1, -0.05) is 6.42 Å². The van der Waals surface area contributed by atoms with Crippen LogP contribution < -0.4 is 16.6 Å². The number of rotatable bonds is 5. The van der Waals surface area contributed by atoms with Gasteiger partial charge < -0.3 is 20.5 Å². The van der Waals surface area contributed by atoms with Crippen LogP contribution in [0.25, 0.3) is 0 Å². The molecule has 0 radical (unpaired) electrons. The Labute approximate surface area is 118 Å². The molecule has 2 rings (SSSR count). The zero-order valence-corrected chi connectivity index (χ0v) is 11.7. The molecule has 0 aliphatic carbocycles. The number of hydrogen-bond donors (Lipinski definition) is 2. The van der Waals surface area contributed by atoms with Gasteiger partial charge in [0.15, 0.2) is 0 Å². The number of piperidine rings is 1. The number of pyridine rings is 1. The van der Waals surface area contributed by atoms with E-state index in [4.69, 9.17) is 5.73 Å². The second-order valence-corrected chi connectivity index (χ2v) is 5.18. The number of likely N-dealkylation sites (tertiary alicyclic amines) is 1. The molecule has 0 spiro atoms. The molecule has 1 aromatic rings. The van der Waals surface area contributed by atoms with Gasteiger partial charge in [-0.2, -0.15) is 0 Å². The molecule has 6 nitrogen and oxygen atoms in total. The normalized spacial score (nSPS) is 16.0. The van der Waals surface area contributed by atoms with E-state index in [1.54, 1.807) is 0 Å². The van der Waals surface area contributed by atoms with Crippen LogP contribution in [0.2, 0.25) is 0 Å². The van der Waals surface area contributed by atoms with E-state index in [1.807, 2.05) is 0 Å². The number of anilines is 1. The van der Waals surface area contributed by atoms with Crippen LogP contribution in [0.5, 0.6) is 0 Å². The van der Waals surface area contributed by atoms with Gasteiger partial charge >= 0.3 is 0 Å². The number of nitrogens with two attached hydrogens (primary N) is 1. The van der Waals surface area contributed by atoms with Crippen molar-refractivity contribution in [1.82, 2.24) is 14.8 Å². The second-order valence-electron chi connectivity index (χ2n) is 5.18. The summed E-state index contributed by atoms with van der Waals surface area (Å²) in [6, 6.07) is 2.91. The average molecular weight is 278 g/mol. The summed E-state index contributed by atoms with van der Waals surface area (Å²) in [6.07, 6.45) is 5.28. The summed E-state index contributed by atoms with van der Waals surface area (Å²) in [6.45, 7) is 3.74. The van der Waals surface area contributed by atoms with Gasteiger partial charge in [0.2, 0.25) is 5.91 Å². The van der Waals surface area contributed by atoms with Gasteiger partial charge in [0.1, 0.15) is 6.54 Å². The molecule has 110 valence electrons. The Morgan fingerprint density at radius 3 is 2.75 bits per heavy atom. The summed E-state index contributed by atoms with van der Waals surface area (Å²) in [5.41, 5.74) is 5.86. The fourth-order valence-corrected chi connectivity index (χ4v) is 2.42. The number of nitrogens with one attached hydrogen (secondary N) is 1. The molecule has 0 saturated carbocycles. The average Bonchev–Trinajstić information content (AvgIpc) is 2.44. The summed E-state index contributed by atoms with van der Waals surface area (Å²) in [5.74, 6) is -0.158. The Morgan fingerprint density at radius 1 is 1.25 bits per heavy atom. The van der Waals surface area contributed by atoms with Crippen LogP contribution >= 0.6 is 0 Å². The number of nitrogens with zero attached hydrogens (tertiary/aromatic N) is 2. The summed E-state index contributed by atoms with van der Waals surface area (Å²) in [5, 5.41) is 2.84. The number of carbonyl (C=O) groups excluding carboxylic acids is 1. The maximum Gasteiger partial charge on any atom is 0.251 e. The Kier molecular flexibility index (Phi) is 5.17. The lowest BCUT2D eigenvalue weighted by atomic mass is 10.1. The van der Waals surface area contributed by atoms with Gasteiger partial charge in [-0.15, -0.1) is 0 Å². The van der Waals surface area contributed by atoms with Crippen molar-refractivity contribution in [2.75, 3.05) is 31.9 Å². The van der Waals surface area contributed by atoms with E-state index in [1.165, 1.54) is 42.2 Å². The highest BCUT2D eigenvalue weighted by atomic mass is 16.2. The molecule has 1 saturated heterocycles. The number of amides is 1. The highest BCUT2D eigenvalue weighted by Crippen LogP contribution is 2.07. The Hall–Kier alpha value is -1.82. The van der Waals surface area contributed by atoms with Crippen molar-refractivity contribution in [3.05, 3.63) is 28.7 Å². The van der Waals surface area contributed by atoms with Crippen LogP contribution in [0.3, 0.4) is 0 Å². The molecule has 0 atom stereocenters. The number of nitrogen functional groups attached to an aromatic ring is 1. The molecule has 0 bridgehead atoms. The lowest BCUT2D eigenvalue weighted by Crippen LogP contribution is -2.39. The molecular formula is C14H22N4O2. The van der Waals surface area contributed by atoms with E-state index in [0.29, 0.717) is 12.2 Å². The minimum atomic E-state index is -0.217. The van der Waals surface area contributed by atoms with Gasteiger partial charge in [0.25, 0.3) is 5.56 Å². The first-order chi connectivity index (χ1) is 9.65. The van der Waals surface area contributed by atoms with E-state index in [9.17, 15) is 9.59 Å². The van der Waals surface area contributed by atoms with Crippen molar-refractivity contribution in [3.63, 3.8) is 0 Å². The van der Waals surface area contributed by atoms with E-state index >= 15 is 0 Å². The fraction of sp³-hybridized carbons (Fsp3) is 0.571. The summed E-state index contributed by atoms with van der Waals surface area (Å²) in [4.78, 5) is 25.7. The molecule has 1 amide bonds. The van der Waals surface area contributed by atoms with Crippen molar-refractivity contribution in [1.29, 1.82) is 0 Å². The van der Waals surface area contributed by atoms with Gasteiger partial charge in [-0.25, -0.2) is 0 Å². The van der Waals surface area contributed by atoms with Gasteiger partial charge in [0, 0.05) is 31.0 Å². The summed E-state index contributed by atoms with van der Waals surface area (Å²) in [7, 11) is 0. The molecule has 1 aliphatic rings. The zero-order valence-electron chi connectivity index (χ0n) is 11.7. The third-order valence-corrected chi connectivity index (χ3v) is 3.52. The standard InChI is InChI=1S/C14H22N4O2/c15-12-4-5-14(20)18(10-12)11-13(19)16-6-9-17-7-2-1-3-8-17/h4-5,10H,1-3,6-9,11,15H2,(H,16,19). The van der Waals surface area contributed by atoms with E-state index < -0.39 is 0 Å². The van der Waals surface area contributed by atoms with Crippen molar-refractivity contribution in [2.45, 2.75) is 25.8 Å². The minimum absolute atomic E-state index is 0.0177. The van der Waals surface area contributed by atoms with Crippen LogP contribution in [0.15, 0.2) is 23.1 Å². The van der Waals surface area contributed by atoms with Crippen LogP contribution in [0, 0.1) is 0 Å². The van der Waals surface area contributed by atoms with E-state index in [-0.39, 0.29) is 18.0 Å². The van der Waals surface area contributed by atoms with Crippen LogP contribution in [-0.2, 0) is 11.3 Å². The number of hydrogen-bond acceptors (Lipinski definition) is 4. The van der Waals surface area contributed by atoms with Crippen molar-refractivity contribution >= 4 is 11.6 Å². The number of aromatic nitrogens is 1. The highest BCUT2D eigenvalue weighted by Gasteiger charge is 2.10. The van der Waals surface area contributed by atoms with E-state index in [0.717, 1.165) is 19.6 Å². The molecule has 1 fully saturated rings. The van der Waals surface area contributed by atoms with Crippen LogP contribution in [-0.4, -0.2) is 41.6 Å². The fourth-order valence-electron chi connectivity index (χ4n) is 2.42. The summed E-state index contributed by atoms with van der Waals surface area (Å²) < 4.78 is 1.32. The SMILES string of the molecule is Nc1ccc(=O)n(CC(=O)NCCN2CCCCC2)c1. The molecular weight excluding hydrogens is 256 g/mol. The molecule has 1 aromatic heterocycles. The zero-order chi connectivity index (χ0) is 14.4. The molecule has 2 heterocycles. The van der Waals surface area contributed by atoms with Crippen LogP contribution in [0.4, 0.5) is 5.69 Å². The first kappa shape index (κ1) is 14.6. The molecule has 6 heteroatoms. The molecule has 0 aromatic carbocycles. The minimum Gasteiger partial charge on any atom is -0.398 e. The lowest BCUT2D eigenvalue weighted by Gasteiger charge is -2.26. The quantitative estimate of drug-likeness (QED) is 0.796. The van der Waals surface area contributed by atoms with E-state index in [2.05, 4.69) is 10.2 Å². The smallest absolute Gasteiger partial charge is 0.251 e. The molecule has 20 heavy (non-hydrogen) atoms. The molecule has 0 unspecified atom stereocenters. The van der Waals surface area contributed by atoms with Crippen molar-refractivity contribution in [3.8, 4) is 0 Å². The Balaban J connectivity index is 1.74. The monoisotopic (exact) mass is 278 g/mol. The lowest BCUT2D eigenvalue weighted by molar-refractivity contribution is -0.121. The predicted molar refractivity (Wildman–Crippen MR) is 78.4 cm³/mol. The van der Waals surface area contributed by atoms with Crippen molar-refractivity contribution < 1.29 is 4.79 Å². The first-order valence-electron chi connectivity index (χ1n) is 7.10. The third kappa shape index (κ3) is 4.38. The molecule has 1 aliphatic heterocycles. The Morgan fingerprint density at radius 2 is 2.00 bits per heavy atom. The topological polar surface area (TPSA) is 80.4 Å². The number of carbonyl (C=O) groups is 1. The maximum atomic E-state index is 11.8.